The van der Waals surface area contributed by atoms with Gasteiger partial charge in [-0.05, 0) is 37.7 Å². The third-order valence-corrected chi connectivity index (χ3v) is 5.45. The number of amides is 1. The molecule has 0 aromatic heterocycles. The van der Waals surface area contributed by atoms with E-state index in [1.54, 1.807) is 0 Å². The highest BCUT2D eigenvalue weighted by Crippen LogP contribution is 2.23. The Kier molecular flexibility index (Phi) is 9.73. The second-order valence-corrected chi connectivity index (χ2v) is 7.61. The third kappa shape index (κ3) is 7.83. The van der Waals surface area contributed by atoms with Gasteiger partial charge in [0, 0.05) is 38.3 Å². The van der Waals surface area contributed by atoms with Crippen LogP contribution in [0.3, 0.4) is 0 Å². The molecule has 2 rings (SSSR count). The van der Waals surface area contributed by atoms with E-state index < -0.39 is 0 Å². The molecule has 5 heteroatoms. The molecule has 1 aliphatic rings. The van der Waals surface area contributed by atoms with E-state index in [-0.39, 0.29) is 23.7 Å². The van der Waals surface area contributed by atoms with Gasteiger partial charge in [0.2, 0.25) is 5.91 Å². The maximum absolute atomic E-state index is 12.4. The second-order valence-electron chi connectivity index (χ2n) is 7.61. The lowest BCUT2D eigenvalue weighted by Crippen LogP contribution is -2.44. The van der Waals surface area contributed by atoms with Crippen molar-refractivity contribution in [1.29, 1.82) is 0 Å². The summed E-state index contributed by atoms with van der Waals surface area (Å²) in [5.74, 6) is 0.305. The molecule has 1 heterocycles. The molecule has 1 fully saturated rings. The summed E-state index contributed by atoms with van der Waals surface area (Å²) in [6.45, 7) is 0.759. The number of esters is 1. The largest absolute Gasteiger partial charge is 0.469 e. The van der Waals surface area contributed by atoms with Crippen LogP contribution < -0.4 is 0 Å². The van der Waals surface area contributed by atoms with Crippen molar-refractivity contribution in [3.8, 4) is 0 Å². The summed E-state index contributed by atoms with van der Waals surface area (Å²) in [5.41, 5.74) is 1.05. The maximum atomic E-state index is 12.4. The first-order chi connectivity index (χ1) is 13.6. The van der Waals surface area contributed by atoms with Crippen molar-refractivity contribution in [3.05, 3.63) is 35.9 Å². The summed E-state index contributed by atoms with van der Waals surface area (Å²) in [6, 6.07) is 10.0. The minimum absolute atomic E-state index is 0.161. The number of carbonyl (C=O) groups excluding carboxylic acids is 3. The number of methoxy groups -OCH3 is 1. The summed E-state index contributed by atoms with van der Waals surface area (Å²) in [7, 11) is 1.41. The van der Waals surface area contributed by atoms with Gasteiger partial charge in [0.25, 0.3) is 0 Å². The van der Waals surface area contributed by atoms with Gasteiger partial charge in [-0.3, -0.25) is 14.4 Å². The molecule has 0 bridgehead atoms. The predicted octanol–water partition coefficient (Wildman–Crippen LogP) is 4.08. The van der Waals surface area contributed by atoms with Crippen LogP contribution in [0.25, 0.3) is 0 Å². The van der Waals surface area contributed by atoms with Crippen LogP contribution in [0.15, 0.2) is 30.3 Å². The first kappa shape index (κ1) is 22.1. The van der Waals surface area contributed by atoms with E-state index in [0.29, 0.717) is 25.7 Å². The number of likely N-dealkylation sites (tertiary alicyclic amines) is 1. The first-order valence-electron chi connectivity index (χ1n) is 10.5. The number of ether oxygens (including phenoxy) is 1. The smallest absolute Gasteiger partial charge is 0.305 e. The van der Waals surface area contributed by atoms with E-state index >= 15 is 0 Å². The van der Waals surface area contributed by atoms with Crippen LogP contribution in [0, 0.1) is 0 Å². The van der Waals surface area contributed by atoms with E-state index in [1.807, 2.05) is 35.2 Å². The molecule has 1 atom stereocenters. The Labute approximate surface area is 168 Å². The number of carbonyl (C=O) groups is 3. The molecular formula is C23H33NO4. The molecule has 0 saturated carbocycles. The van der Waals surface area contributed by atoms with Crippen LogP contribution in [-0.2, 0) is 25.5 Å². The Morgan fingerprint density at radius 2 is 1.82 bits per heavy atom. The first-order valence-corrected chi connectivity index (χ1v) is 10.5. The van der Waals surface area contributed by atoms with Crippen LogP contribution in [0.1, 0.15) is 69.8 Å². The topological polar surface area (TPSA) is 63.7 Å². The van der Waals surface area contributed by atoms with Crippen LogP contribution in [0.4, 0.5) is 0 Å². The van der Waals surface area contributed by atoms with Crippen LogP contribution >= 0.6 is 0 Å². The molecule has 154 valence electrons. The lowest BCUT2D eigenvalue weighted by Gasteiger charge is -2.36. The van der Waals surface area contributed by atoms with Gasteiger partial charge in [-0.2, -0.15) is 0 Å². The molecule has 1 saturated heterocycles. The molecule has 1 unspecified atom stereocenters. The summed E-state index contributed by atoms with van der Waals surface area (Å²) >= 11 is 0. The molecule has 5 nitrogen and oxygen atoms in total. The SMILES string of the molecule is COC(=O)CCCCCCN1C(=O)CCCC1CCC(=O)Cc1ccccc1. The van der Waals surface area contributed by atoms with Crippen molar-refractivity contribution < 1.29 is 19.1 Å². The highest BCUT2D eigenvalue weighted by Gasteiger charge is 2.27. The predicted molar refractivity (Wildman–Crippen MR) is 109 cm³/mol. The Bertz CT molecular complexity index is 629. The average molecular weight is 388 g/mol. The summed E-state index contributed by atoms with van der Waals surface area (Å²) < 4.78 is 4.64. The van der Waals surface area contributed by atoms with E-state index in [4.69, 9.17) is 0 Å². The number of benzene rings is 1. The number of rotatable bonds is 12. The lowest BCUT2D eigenvalue weighted by atomic mass is 9.94. The van der Waals surface area contributed by atoms with Crippen molar-refractivity contribution in [2.24, 2.45) is 0 Å². The minimum atomic E-state index is -0.161. The standard InChI is InChI=1S/C23H33NO4/c1-28-23(27)14-7-2-3-8-17-24-20(12-9-13-22(24)26)15-16-21(25)18-19-10-5-4-6-11-19/h4-6,10-11,20H,2-3,7-9,12-18H2,1H3. The lowest BCUT2D eigenvalue weighted by molar-refractivity contribution is -0.140. The molecule has 0 spiro atoms. The van der Waals surface area contributed by atoms with Gasteiger partial charge in [0.05, 0.1) is 7.11 Å². The van der Waals surface area contributed by atoms with E-state index in [1.165, 1.54) is 7.11 Å². The molecule has 0 aliphatic carbocycles. The summed E-state index contributed by atoms with van der Waals surface area (Å²) in [6.07, 6.45) is 8.52. The number of ketones is 1. The number of hydrogen-bond acceptors (Lipinski definition) is 4. The molecule has 1 amide bonds. The molecular weight excluding hydrogens is 354 g/mol. The van der Waals surface area contributed by atoms with Gasteiger partial charge in [0.1, 0.15) is 5.78 Å². The van der Waals surface area contributed by atoms with Gasteiger partial charge in [0.15, 0.2) is 0 Å². The van der Waals surface area contributed by atoms with Crippen molar-refractivity contribution >= 4 is 17.7 Å². The van der Waals surface area contributed by atoms with E-state index in [2.05, 4.69) is 4.74 Å². The molecule has 0 N–H and O–H groups in total. The zero-order valence-corrected chi connectivity index (χ0v) is 17.0. The van der Waals surface area contributed by atoms with Gasteiger partial charge in [-0.25, -0.2) is 0 Å². The molecule has 1 aliphatic heterocycles. The normalized spacial score (nSPS) is 16.8. The number of Topliss-reactive ketones (excluding diaryl/α,β-unsaturated/α-hetero) is 1. The monoisotopic (exact) mass is 387 g/mol. The Morgan fingerprint density at radius 1 is 1.07 bits per heavy atom. The van der Waals surface area contributed by atoms with Crippen LogP contribution in [-0.4, -0.2) is 42.3 Å². The number of unbranched alkanes of at least 4 members (excludes halogenated alkanes) is 3. The Balaban J connectivity index is 1.71. The zero-order valence-electron chi connectivity index (χ0n) is 17.0. The van der Waals surface area contributed by atoms with Crippen molar-refractivity contribution in [2.45, 2.75) is 76.7 Å². The second kappa shape index (κ2) is 12.3. The molecule has 1 aromatic rings. The van der Waals surface area contributed by atoms with Gasteiger partial charge >= 0.3 is 5.97 Å². The Hall–Kier alpha value is -2.17. The quantitative estimate of drug-likeness (QED) is 0.400. The van der Waals surface area contributed by atoms with E-state index in [0.717, 1.165) is 57.1 Å². The molecule has 0 radical (unpaired) electrons. The fraction of sp³-hybridized carbons (Fsp3) is 0.609. The minimum Gasteiger partial charge on any atom is -0.469 e. The number of piperidine rings is 1. The number of nitrogens with zero attached hydrogens (tertiary/aromatic N) is 1. The molecule has 1 aromatic carbocycles. The average Bonchev–Trinajstić information content (AvgIpc) is 2.70. The Morgan fingerprint density at radius 3 is 2.57 bits per heavy atom. The van der Waals surface area contributed by atoms with E-state index in [9.17, 15) is 14.4 Å². The van der Waals surface area contributed by atoms with Crippen LogP contribution in [0.5, 0.6) is 0 Å². The summed E-state index contributed by atoms with van der Waals surface area (Å²) in [4.78, 5) is 37.8. The zero-order chi connectivity index (χ0) is 20.2. The van der Waals surface area contributed by atoms with Crippen molar-refractivity contribution in [3.63, 3.8) is 0 Å². The summed E-state index contributed by atoms with van der Waals surface area (Å²) in [5, 5.41) is 0. The van der Waals surface area contributed by atoms with Gasteiger partial charge in [-0.1, -0.05) is 43.2 Å². The third-order valence-electron chi connectivity index (χ3n) is 5.45. The van der Waals surface area contributed by atoms with Gasteiger partial charge in [-0.15, -0.1) is 0 Å². The molecule has 28 heavy (non-hydrogen) atoms. The van der Waals surface area contributed by atoms with Gasteiger partial charge < -0.3 is 9.64 Å². The number of hydrogen-bond donors (Lipinski definition) is 0. The fourth-order valence-corrected chi connectivity index (χ4v) is 3.85. The van der Waals surface area contributed by atoms with Crippen molar-refractivity contribution in [2.75, 3.05) is 13.7 Å². The maximum Gasteiger partial charge on any atom is 0.305 e. The highest BCUT2D eigenvalue weighted by molar-refractivity contribution is 5.81. The highest BCUT2D eigenvalue weighted by atomic mass is 16.5. The van der Waals surface area contributed by atoms with Crippen molar-refractivity contribution in [1.82, 2.24) is 4.90 Å². The fourth-order valence-electron chi connectivity index (χ4n) is 3.85. The van der Waals surface area contributed by atoms with Crippen LogP contribution in [0.2, 0.25) is 0 Å².